The van der Waals surface area contributed by atoms with Crippen molar-refractivity contribution in [2.45, 2.75) is 39.3 Å². The van der Waals surface area contributed by atoms with Gasteiger partial charge in [-0.1, -0.05) is 24.3 Å². The Labute approximate surface area is 165 Å². The highest BCUT2D eigenvalue weighted by Gasteiger charge is 2.23. The molecule has 0 saturated heterocycles. The van der Waals surface area contributed by atoms with Crippen molar-refractivity contribution >= 4 is 18.8 Å². The molecule has 0 heterocycles. The van der Waals surface area contributed by atoms with E-state index in [-0.39, 0.29) is 5.82 Å². The molecule has 2 aromatic rings. The number of carbonyl (C=O) groups excluding carboxylic acids is 1. The van der Waals surface area contributed by atoms with Gasteiger partial charge in [0.2, 0.25) is 7.37 Å². The van der Waals surface area contributed by atoms with Crippen molar-refractivity contribution in [3.8, 4) is 0 Å². The van der Waals surface area contributed by atoms with E-state index >= 15 is 0 Å². The van der Waals surface area contributed by atoms with Gasteiger partial charge in [-0.15, -0.1) is 0 Å². The summed E-state index contributed by atoms with van der Waals surface area (Å²) in [7, 11) is -2.89. The van der Waals surface area contributed by atoms with Crippen LogP contribution in [-0.4, -0.2) is 25.0 Å². The fraction of sp³-hybridized carbons (Fsp3) is 0.381. The van der Waals surface area contributed by atoms with E-state index < -0.39 is 25.1 Å². The summed E-state index contributed by atoms with van der Waals surface area (Å²) in [6.45, 7) is 9.05. The Morgan fingerprint density at radius 3 is 2.04 bits per heavy atom. The molecule has 0 aliphatic carbocycles. The van der Waals surface area contributed by atoms with Crippen LogP contribution in [0.15, 0.2) is 48.5 Å². The van der Waals surface area contributed by atoms with E-state index in [0.29, 0.717) is 17.5 Å². The Balaban J connectivity index is 2.34. The number of alkyl carbamates (subject to hydrolysis) is 1. The monoisotopic (exact) mass is 407 g/mol. The second-order valence-corrected chi connectivity index (χ2v) is 9.95. The molecular weight excluding hydrogens is 380 g/mol. The van der Waals surface area contributed by atoms with Crippen LogP contribution in [0, 0.1) is 5.82 Å². The van der Waals surface area contributed by atoms with E-state index in [9.17, 15) is 13.8 Å². The lowest BCUT2D eigenvalue weighted by atomic mass is 9.99. The Kier molecular flexibility index (Phi) is 7.02. The number of nitrogens with one attached hydrogen (secondary N) is 1. The average Bonchev–Trinajstić information content (AvgIpc) is 2.59. The topological polar surface area (TPSA) is 64.6 Å². The number of hydrogen-bond donors (Lipinski definition) is 1. The second-order valence-electron chi connectivity index (χ2n) is 7.49. The first kappa shape index (κ1) is 22.1. The molecule has 0 aromatic heterocycles. The van der Waals surface area contributed by atoms with Gasteiger partial charge < -0.3 is 14.6 Å². The highest BCUT2D eigenvalue weighted by molar-refractivity contribution is 7.66. The number of hydrogen-bond acceptors (Lipinski definition) is 4. The van der Waals surface area contributed by atoms with Crippen LogP contribution in [0.1, 0.15) is 44.9 Å². The molecule has 0 bridgehead atoms. The van der Waals surface area contributed by atoms with Crippen molar-refractivity contribution in [2.24, 2.45) is 0 Å². The first-order chi connectivity index (χ1) is 13.0. The summed E-state index contributed by atoms with van der Waals surface area (Å²) in [6, 6.07) is 12.3. The molecule has 152 valence electrons. The molecule has 0 fully saturated rings. The zero-order valence-corrected chi connectivity index (χ0v) is 17.8. The smallest absolute Gasteiger partial charge is 0.408 e. The minimum absolute atomic E-state index is 0.355. The third kappa shape index (κ3) is 6.18. The minimum atomic E-state index is -2.89. The quantitative estimate of drug-likeness (QED) is 0.684. The molecule has 0 spiro atoms. The molecule has 1 N–H and O–H groups in total. The third-order valence-corrected chi connectivity index (χ3v) is 5.92. The molecule has 7 heteroatoms. The van der Waals surface area contributed by atoms with Crippen molar-refractivity contribution < 1.29 is 23.0 Å². The largest absolute Gasteiger partial charge is 0.444 e. The number of amides is 1. The average molecular weight is 407 g/mol. The standard InChI is InChI=1S/C21H27FNO4P/c1-6-26-28(5,25)18-13-9-16(10-14-18)19(15-7-11-17(22)12-8-15)23-20(24)27-21(2,3)4/h7-14,19H,6H2,1-5H3,(H,23,24). The molecule has 0 aliphatic heterocycles. The molecule has 2 rings (SSSR count). The number of rotatable bonds is 6. The molecule has 2 aromatic carbocycles. The number of benzene rings is 2. The van der Waals surface area contributed by atoms with Crippen molar-refractivity contribution in [2.75, 3.05) is 13.3 Å². The van der Waals surface area contributed by atoms with Crippen LogP contribution >= 0.6 is 7.37 Å². The van der Waals surface area contributed by atoms with Gasteiger partial charge in [-0.2, -0.15) is 0 Å². The summed E-state index contributed by atoms with van der Waals surface area (Å²) >= 11 is 0. The van der Waals surface area contributed by atoms with E-state index in [1.54, 1.807) is 70.8 Å². The van der Waals surface area contributed by atoms with Gasteiger partial charge in [0.15, 0.2) is 0 Å². The van der Waals surface area contributed by atoms with Crippen LogP contribution in [-0.2, 0) is 13.8 Å². The SMILES string of the molecule is CCOP(C)(=O)c1ccc(C(NC(=O)OC(C)(C)C)c2ccc(F)cc2)cc1. The molecule has 0 aliphatic rings. The molecule has 1 amide bonds. The molecule has 0 radical (unpaired) electrons. The maximum atomic E-state index is 13.3. The number of ether oxygens (including phenoxy) is 1. The number of halogens is 1. The molecule has 0 saturated carbocycles. The predicted molar refractivity (Wildman–Crippen MR) is 109 cm³/mol. The molecule has 5 nitrogen and oxygen atoms in total. The van der Waals surface area contributed by atoms with Gasteiger partial charge >= 0.3 is 6.09 Å². The van der Waals surface area contributed by atoms with Gasteiger partial charge in [-0.3, -0.25) is 4.57 Å². The second kappa shape index (κ2) is 8.89. The Hall–Kier alpha value is -2.17. The lowest BCUT2D eigenvalue weighted by molar-refractivity contribution is 0.0512. The van der Waals surface area contributed by atoms with Crippen molar-refractivity contribution in [1.29, 1.82) is 0 Å². The van der Waals surface area contributed by atoms with Crippen LogP contribution in [0.5, 0.6) is 0 Å². The summed E-state index contributed by atoms with van der Waals surface area (Å²) in [6.07, 6.45) is -0.582. The lowest BCUT2D eigenvalue weighted by Crippen LogP contribution is -2.35. The van der Waals surface area contributed by atoms with E-state index in [1.165, 1.54) is 12.1 Å². The zero-order valence-electron chi connectivity index (χ0n) is 16.9. The van der Waals surface area contributed by atoms with Gasteiger partial charge in [-0.05, 0) is 63.1 Å². The summed E-state index contributed by atoms with van der Waals surface area (Å²) in [5, 5.41) is 3.42. The molecule has 2 atom stereocenters. The Morgan fingerprint density at radius 1 is 1.07 bits per heavy atom. The molecule has 2 unspecified atom stereocenters. The van der Waals surface area contributed by atoms with E-state index in [1.807, 2.05) is 0 Å². The van der Waals surface area contributed by atoms with Crippen LogP contribution in [0.4, 0.5) is 9.18 Å². The van der Waals surface area contributed by atoms with Gasteiger partial charge in [-0.25, -0.2) is 9.18 Å². The van der Waals surface area contributed by atoms with Gasteiger partial charge in [0.25, 0.3) is 0 Å². The Morgan fingerprint density at radius 2 is 1.57 bits per heavy atom. The van der Waals surface area contributed by atoms with Crippen molar-refractivity contribution in [3.05, 3.63) is 65.5 Å². The Bertz CT molecular complexity index is 844. The van der Waals surface area contributed by atoms with Crippen LogP contribution in [0.25, 0.3) is 0 Å². The van der Waals surface area contributed by atoms with Crippen LogP contribution in [0.2, 0.25) is 0 Å². The van der Waals surface area contributed by atoms with Crippen LogP contribution in [0.3, 0.4) is 0 Å². The first-order valence-corrected chi connectivity index (χ1v) is 11.2. The summed E-state index contributed by atoms with van der Waals surface area (Å²) in [4.78, 5) is 12.3. The van der Waals surface area contributed by atoms with Gasteiger partial charge in [0, 0.05) is 12.0 Å². The molecule has 28 heavy (non-hydrogen) atoms. The van der Waals surface area contributed by atoms with Crippen molar-refractivity contribution in [1.82, 2.24) is 5.32 Å². The highest BCUT2D eigenvalue weighted by atomic mass is 31.2. The van der Waals surface area contributed by atoms with E-state index in [2.05, 4.69) is 5.32 Å². The minimum Gasteiger partial charge on any atom is -0.444 e. The van der Waals surface area contributed by atoms with Gasteiger partial charge in [0.1, 0.15) is 11.4 Å². The fourth-order valence-electron chi connectivity index (χ4n) is 2.70. The first-order valence-electron chi connectivity index (χ1n) is 9.09. The summed E-state index contributed by atoms with van der Waals surface area (Å²) < 4.78 is 36.6. The van der Waals surface area contributed by atoms with Gasteiger partial charge in [0.05, 0.1) is 12.6 Å². The summed E-state index contributed by atoms with van der Waals surface area (Å²) in [5.74, 6) is -0.362. The van der Waals surface area contributed by atoms with E-state index in [0.717, 1.165) is 5.56 Å². The predicted octanol–water partition coefficient (Wildman–Crippen LogP) is 5.01. The number of carbonyl (C=O) groups is 1. The third-order valence-electron chi connectivity index (χ3n) is 3.94. The normalized spacial score (nSPS) is 14.8. The zero-order chi connectivity index (χ0) is 20.9. The maximum Gasteiger partial charge on any atom is 0.408 e. The fourth-order valence-corrected chi connectivity index (χ4v) is 4.03. The highest BCUT2D eigenvalue weighted by Crippen LogP contribution is 2.41. The van der Waals surface area contributed by atoms with Crippen molar-refractivity contribution in [3.63, 3.8) is 0 Å². The maximum absolute atomic E-state index is 13.3. The lowest BCUT2D eigenvalue weighted by Gasteiger charge is -2.24. The molecular formula is C21H27FNO4P. The summed E-state index contributed by atoms with van der Waals surface area (Å²) in [5.41, 5.74) is 0.801. The van der Waals surface area contributed by atoms with Crippen LogP contribution < -0.4 is 10.6 Å². The van der Waals surface area contributed by atoms with E-state index in [4.69, 9.17) is 9.26 Å².